The minimum Gasteiger partial charge on any atom is -0.497 e. The molecule has 0 spiro atoms. The van der Waals surface area contributed by atoms with Crippen molar-refractivity contribution in [3.63, 3.8) is 0 Å². The summed E-state index contributed by atoms with van der Waals surface area (Å²) in [4.78, 5) is 26.6. The van der Waals surface area contributed by atoms with Crippen molar-refractivity contribution >= 4 is 28.3 Å². The Labute approximate surface area is 181 Å². The predicted molar refractivity (Wildman–Crippen MR) is 118 cm³/mol. The van der Waals surface area contributed by atoms with Gasteiger partial charge in [-0.2, -0.15) is 0 Å². The van der Waals surface area contributed by atoms with Crippen molar-refractivity contribution < 1.29 is 19.1 Å². The van der Waals surface area contributed by atoms with E-state index < -0.39 is 0 Å². The number of amides is 2. The molecule has 0 bridgehead atoms. The normalized spacial score (nSPS) is 11.2. The zero-order valence-electron chi connectivity index (χ0n) is 18.2. The van der Waals surface area contributed by atoms with Gasteiger partial charge in [-0.25, -0.2) is 0 Å². The Bertz CT molecular complexity index is 830. The summed E-state index contributed by atoms with van der Waals surface area (Å²) in [7, 11) is 3.20. The molecule has 8 nitrogen and oxygen atoms in total. The fourth-order valence-corrected chi connectivity index (χ4v) is 3.44. The van der Waals surface area contributed by atoms with Gasteiger partial charge in [0.2, 0.25) is 16.9 Å². The van der Waals surface area contributed by atoms with E-state index in [4.69, 9.17) is 9.47 Å². The van der Waals surface area contributed by atoms with Crippen molar-refractivity contribution in [2.45, 2.75) is 33.6 Å². The van der Waals surface area contributed by atoms with Gasteiger partial charge < -0.3 is 19.7 Å². The SMILES string of the molecule is COCCN(CCC(=O)Nc1nnc(-c2ccc(OC)cc2)s1)C(=O)CC(C)(C)C. The minimum absolute atomic E-state index is 0.0186. The van der Waals surface area contributed by atoms with Crippen LogP contribution in [-0.2, 0) is 14.3 Å². The van der Waals surface area contributed by atoms with Crippen LogP contribution >= 0.6 is 11.3 Å². The molecule has 164 valence electrons. The van der Waals surface area contributed by atoms with Gasteiger partial charge in [0.1, 0.15) is 10.8 Å². The molecule has 0 saturated carbocycles. The first-order chi connectivity index (χ1) is 14.2. The summed E-state index contributed by atoms with van der Waals surface area (Å²) in [6, 6.07) is 7.47. The van der Waals surface area contributed by atoms with Gasteiger partial charge >= 0.3 is 0 Å². The number of carbonyl (C=O) groups excluding carboxylic acids is 2. The minimum atomic E-state index is -0.210. The number of hydrogen-bond acceptors (Lipinski definition) is 7. The molecular formula is C21H30N4O4S. The second-order valence-corrected chi connectivity index (χ2v) is 9.03. The van der Waals surface area contributed by atoms with Gasteiger partial charge in [-0.3, -0.25) is 9.59 Å². The van der Waals surface area contributed by atoms with Crippen molar-refractivity contribution in [2.24, 2.45) is 5.41 Å². The number of benzene rings is 1. The Morgan fingerprint density at radius 3 is 2.40 bits per heavy atom. The van der Waals surface area contributed by atoms with E-state index in [9.17, 15) is 9.59 Å². The third-order valence-electron chi connectivity index (χ3n) is 4.22. The molecule has 0 saturated heterocycles. The Morgan fingerprint density at radius 2 is 1.80 bits per heavy atom. The number of ether oxygens (including phenoxy) is 2. The van der Waals surface area contributed by atoms with Crippen molar-refractivity contribution in [3.8, 4) is 16.3 Å². The van der Waals surface area contributed by atoms with Gasteiger partial charge in [0, 0.05) is 38.6 Å². The quantitative estimate of drug-likeness (QED) is 0.616. The molecule has 1 aromatic carbocycles. The summed E-state index contributed by atoms with van der Waals surface area (Å²) in [5.41, 5.74) is 0.780. The van der Waals surface area contributed by atoms with Gasteiger partial charge in [-0.1, -0.05) is 32.1 Å². The van der Waals surface area contributed by atoms with E-state index >= 15 is 0 Å². The van der Waals surface area contributed by atoms with Gasteiger partial charge in [0.05, 0.1) is 13.7 Å². The van der Waals surface area contributed by atoms with E-state index in [1.807, 2.05) is 45.0 Å². The summed E-state index contributed by atoms with van der Waals surface area (Å²) < 4.78 is 10.2. The second-order valence-electron chi connectivity index (χ2n) is 8.05. The van der Waals surface area contributed by atoms with Gasteiger partial charge in [0.15, 0.2) is 0 Å². The number of nitrogens with zero attached hydrogens (tertiary/aromatic N) is 3. The molecule has 0 aliphatic heterocycles. The first kappa shape index (κ1) is 23.8. The molecule has 0 atom stereocenters. The molecule has 2 rings (SSSR count). The number of hydrogen-bond donors (Lipinski definition) is 1. The van der Waals surface area contributed by atoms with Crippen LogP contribution in [0.4, 0.5) is 5.13 Å². The standard InChI is InChI=1S/C21H30N4O4S/c1-21(2,3)14-18(27)25(12-13-28-4)11-10-17(26)22-20-24-23-19(30-20)15-6-8-16(29-5)9-7-15/h6-9H,10-14H2,1-5H3,(H,22,24,26). The molecule has 9 heteroatoms. The van der Waals surface area contributed by atoms with Crippen molar-refractivity contribution in [1.29, 1.82) is 0 Å². The molecule has 2 aromatic rings. The monoisotopic (exact) mass is 434 g/mol. The summed E-state index contributed by atoms with van der Waals surface area (Å²) in [6.45, 7) is 7.26. The smallest absolute Gasteiger partial charge is 0.227 e. The fraction of sp³-hybridized carbons (Fsp3) is 0.524. The topological polar surface area (TPSA) is 93.7 Å². The zero-order chi connectivity index (χ0) is 22.1. The van der Waals surface area contributed by atoms with Crippen molar-refractivity contribution in [1.82, 2.24) is 15.1 Å². The highest BCUT2D eigenvalue weighted by Crippen LogP contribution is 2.27. The summed E-state index contributed by atoms with van der Waals surface area (Å²) >= 11 is 1.29. The summed E-state index contributed by atoms with van der Waals surface area (Å²) in [5.74, 6) is 0.569. The van der Waals surface area contributed by atoms with E-state index in [0.29, 0.717) is 36.3 Å². The number of aromatic nitrogens is 2. The molecule has 1 N–H and O–H groups in total. The Morgan fingerprint density at radius 1 is 1.10 bits per heavy atom. The van der Waals surface area contributed by atoms with Crippen LogP contribution in [0.3, 0.4) is 0 Å². The molecule has 0 aliphatic carbocycles. The van der Waals surface area contributed by atoms with Crippen LogP contribution in [0.2, 0.25) is 0 Å². The number of carbonyl (C=O) groups is 2. The Hall–Kier alpha value is -2.52. The van der Waals surface area contributed by atoms with E-state index in [2.05, 4.69) is 15.5 Å². The molecule has 2 amide bonds. The highest BCUT2D eigenvalue weighted by molar-refractivity contribution is 7.18. The second kappa shape index (κ2) is 11.0. The van der Waals surface area contributed by atoms with Crippen LogP contribution < -0.4 is 10.1 Å². The molecule has 30 heavy (non-hydrogen) atoms. The Kier molecular flexibility index (Phi) is 8.73. The van der Waals surface area contributed by atoms with Crippen LogP contribution in [0.15, 0.2) is 24.3 Å². The third-order valence-corrected chi connectivity index (χ3v) is 5.10. The third kappa shape index (κ3) is 7.72. The first-order valence-electron chi connectivity index (χ1n) is 9.76. The molecule has 0 unspecified atom stereocenters. The van der Waals surface area contributed by atoms with Gasteiger partial charge in [-0.05, 0) is 29.7 Å². The lowest BCUT2D eigenvalue weighted by atomic mass is 9.91. The average molecular weight is 435 g/mol. The van der Waals surface area contributed by atoms with Crippen molar-refractivity contribution in [3.05, 3.63) is 24.3 Å². The lowest BCUT2D eigenvalue weighted by molar-refractivity contribution is -0.134. The van der Waals surface area contributed by atoms with Gasteiger partial charge in [0.25, 0.3) is 0 Å². The Balaban J connectivity index is 1.91. The molecular weight excluding hydrogens is 404 g/mol. The highest BCUT2D eigenvalue weighted by atomic mass is 32.1. The maximum Gasteiger partial charge on any atom is 0.227 e. The number of nitrogens with one attached hydrogen (secondary N) is 1. The maximum atomic E-state index is 12.6. The lowest BCUT2D eigenvalue weighted by Gasteiger charge is -2.26. The largest absolute Gasteiger partial charge is 0.497 e. The van der Waals surface area contributed by atoms with E-state index in [-0.39, 0.29) is 23.7 Å². The molecule has 0 fully saturated rings. The van der Waals surface area contributed by atoms with Crippen molar-refractivity contribution in [2.75, 3.05) is 39.2 Å². The van der Waals surface area contributed by atoms with Crippen LogP contribution in [0.25, 0.3) is 10.6 Å². The van der Waals surface area contributed by atoms with Crippen LogP contribution in [0.1, 0.15) is 33.6 Å². The molecule has 0 aliphatic rings. The molecule has 0 radical (unpaired) electrons. The maximum absolute atomic E-state index is 12.6. The number of methoxy groups -OCH3 is 2. The lowest BCUT2D eigenvalue weighted by Crippen LogP contribution is -2.38. The average Bonchev–Trinajstić information content (AvgIpc) is 3.15. The van der Waals surface area contributed by atoms with Gasteiger partial charge in [-0.15, -0.1) is 10.2 Å². The molecule has 1 aromatic heterocycles. The summed E-state index contributed by atoms with van der Waals surface area (Å²) in [6.07, 6.45) is 0.594. The van der Waals surface area contributed by atoms with E-state index in [1.165, 1.54) is 11.3 Å². The highest BCUT2D eigenvalue weighted by Gasteiger charge is 2.22. The number of rotatable bonds is 10. The van der Waals surface area contributed by atoms with E-state index in [1.54, 1.807) is 19.1 Å². The fourth-order valence-electron chi connectivity index (χ4n) is 2.67. The molecule has 1 heterocycles. The first-order valence-corrected chi connectivity index (χ1v) is 10.6. The van der Waals surface area contributed by atoms with Crippen LogP contribution in [0, 0.1) is 5.41 Å². The predicted octanol–water partition coefficient (Wildman–Crippen LogP) is 3.45. The van der Waals surface area contributed by atoms with E-state index in [0.717, 1.165) is 11.3 Å². The zero-order valence-corrected chi connectivity index (χ0v) is 19.0. The van der Waals surface area contributed by atoms with Crippen LogP contribution in [-0.4, -0.2) is 60.8 Å². The van der Waals surface area contributed by atoms with Crippen LogP contribution in [0.5, 0.6) is 5.75 Å². The number of anilines is 1. The summed E-state index contributed by atoms with van der Waals surface area (Å²) in [5, 5.41) is 12.1.